The van der Waals surface area contributed by atoms with Gasteiger partial charge in [0.15, 0.2) is 0 Å². The number of aryl methyl sites for hydroxylation is 1. The Hall–Kier alpha value is -1.35. The molecule has 0 amide bonds. The molecule has 0 bridgehead atoms. The molecule has 1 aliphatic rings. The molecule has 1 aliphatic heterocycles. The summed E-state index contributed by atoms with van der Waals surface area (Å²) in [6.07, 6.45) is 2.46. The van der Waals surface area contributed by atoms with Gasteiger partial charge < -0.3 is 4.90 Å². The summed E-state index contributed by atoms with van der Waals surface area (Å²) in [5.41, 5.74) is 2.53. The molecule has 1 unspecified atom stereocenters. The number of benzene rings is 1. The molecule has 0 spiro atoms. The molecule has 0 aliphatic carbocycles. The van der Waals surface area contributed by atoms with E-state index in [1.807, 2.05) is 0 Å². The van der Waals surface area contributed by atoms with Crippen LogP contribution in [-0.2, 0) is 6.54 Å². The Balaban J connectivity index is 2.24. The second-order valence-electron chi connectivity index (χ2n) is 4.75. The summed E-state index contributed by atoms with van der Waals surface area (Å²) in [4.78, 5) is 2.30. The van der Waals surface area contributed by atoms with Gasteiger partial charge in [-0.2, -0.15) is 5.10 Å². The minimum Gasteiger partial charge on any atom is -0.301 e. The summed E-state index contributed by atoms with van der Waals surface area (Å²) >= 11 is 0. The maximum Gasteiger partial charge on any atom is 0.0926 e. The number of nitrogens with zero attached hydrogens (tertiary/aromatic N) is 3. The lowest BCUT2D eigenvalue weighted by Gasteiger charge is -2.29. The van der Waals surface area contributed by atoms with Gasteiger partial charge >= 0.3 is 0 Å². The Kier molecular flexibility index (Phi) is 2.21. The van der Waals surface area contributed by atoms with Crippen LogP contribution >= 0.6 is 0 Å². The van der Waals surface area contributed by atoms with Crippen molar-refractivity contribution in [3.8, 4) is 0 Å². The third-order valence-corrected chi connectivity index (χ3v) is 3.47. The Morgan fingerprint density at radius 3 is 2.94 bits per heavy atom. The summed E-state index contributed by atoms with van der Waals surface area (Å²) < 4.78 is 2.19. The van der Waals surface area contributed by atoms with Gasteiger partial charge in [-0.1, -0.05) is 18.2 Å². The molecule has 1 aromatic heterocycles. The van der Waals surface area contributed by atoms with Gasteiger partial charge in [-0.05, 0) is 33.0 Å². The average Bonchev–Trinajstić information content (AvgIpc) is 2.66. The van der Waals surface area contributed by atoms with Crippen molar-refractivity contribution in [2.24, 2.45) is 0 Å². The molecular formula is C13H17N3. The van der Waals surface area contributed by atoms with Crippen LogP contribution in [0.2, 0.25) is 0 Å². The first kappa shape index (κ1) is 9.85. The highest BCUT2D eigenvalue weighted by molar-refractivity contribution is 5.82. The Morgan fingerprint density at radius 1 is 1.31 bits per heavy atom. The molecule has 3 heteroatoms. The van der Waals surface area contributed by atoms with Gasteiger partial charge in [0.1, 0.15) is 0 Å². The molecule has 3 nitrogen and oxygen atoms in total. The van der Waals surface area contributed by atoms with Crippen molar-refractivity contribution in [2.45, 2.75) is 25.4 Å². The van der Waals surface area contributed by atoms with E-state index in [4.69, 9.17) is 0 Å². The number of hydrogen-bond donors (Lipinski definition) is 0. The van der Waals surface area contributed by atoms with Crippen LogP contribution in [-0.4, -0.2) is 28.8 Å². The minimum atomic E-state index is 0.515. The summed E-state index contributed by atoms with van der Waals surface area (Å²) in [6, 6.07) is 8.97. The zero-order valence-corrected chi connectivity index (χ0v) is 9.85. The van der Waals surface area contributed by atoms with Crippen molar-refractivity contribution < 1.29 is 0 Å². The van der Waals surface area contributed by atoms with Gasteiger partial charge in [0, 0.05) is 11.9 Å². The van der Waals surface area contributed by atoms with Crippen LogP contribution in [0.1, 0.15) is 24.6 Å². The second kappa shape index (κ2) is 3.59. The van der Waals surface area contributed by atoms with Gasteiger partial charge in [0.25, 0.3) is 0 Å². The fourth-order valence-electron chi connectivity index (χ4n) is 2.70. The summed E-state index contributed by atoms with van der Waals surface area (Å²) in [7, 11) is 4.31. The average molecular weight is 215 g/mol. The topological polar surface area (TPSA) is 21.1 Å². The van der Waals surface area contributed by atoms with Gasteiger partial charge in [-0.3, -0.25) is 4.68 Å². The fourth-order valence-corrected chi connectivity index (χ4v) is 2.70. The third kappa shape index (κ3) is 1.35. The van der Waals surface area contributed by atoms with Gasteiger partial charge in [0.2, 0.25) is 0 Å². The van der Waals surface area contributed by atoms with Crippen molar-refractivity contribution in [3.63, 3.8) is 0 Å². The maximum absolute atomic E-state index is 4.68. The molecule has 0 saturated heterocycles. The normalized spacial score (nSPS) is 20.3. The highest BCUT2D eigenvalue weighted by atomic mass is 15.3. The lowest BCUT2D eigenvalue weighted by Crippen LogP contribution is -2.27. The van der Waals surface area contributed by atoms with Gasteiger partial charge in [0.05, 0.1) is 17.3 Å². The summed E-state index contributed by atoms with van der Waals surface area (Å²) in [6.45, 7) is 1.06. The van der Waals surface area contributed by atoms with Crippen molar-refractivity contribution in [1.29, 1.82) is 0 Å². The lowest BCUT2D eigenvalue weighted by atomic mass is 10.0. The van der Waals surface area contributed by atoms with Crippen molar-refractivity contribution in [2.75, 3.05) is 14.1 Å². The second-order valence-corrected chi connectivity index (χ2v) is 4.75. The number of fused-ring (bicyclic) bond motifs is 3. The number of hydrogen-bond acceptors (Lipinski definition) is 2. The van der Waals surface area contributed by atoms with E-state index in [1.54, 1.807) is 0 Å². The molecular weight excluding hydrogens is 198 g/mol. The minimum absolute atomic E-state index is 0.515. The zero-order valence-electron chi connectivity index (χ0n) is 9.85. The predicted molar refractivity (Wildman–Crippen MR) is 65.4 cm³/mol. The van der Waals surface area contributed by atoms with E-state index < -0.39 is 0 Å². The molecule has 0 saturated carbocycles. The smallest absolute Gasteiger partial charge is 0.0926 e. The van der Waals surface area contributed by atoms with E-state index in [9.17, 15) is 0 Å². The maximum atomic E-state index is 4.68. The van der Waals surface area contributed by atoms with Crippen molar-refractivity contribution in [1.82, 2.24) is 14.7 Å². The van der Waals surface area contributed by atoms with Crippen molar-refractivity contribution >= 4 is 10.9 Å². The van der Waals surface area contributed by atoms with E-state index in [-0.39, 0.29) is 0 Å². The number of rotatable bonds is 1. The monoisotopic (exact) mass is 215 g/mol. The lowest BCUT2D eigenvalue weighted by molar-refractivity contribution is 0.238. The molecule has 0 fully saturated rings. The predicted octanol–water partition coefficient (Wildman–Crippen LogP) is 2.43. The molecule has 2 aromatic rings. The van der Waals surface area contributed by atoms with E-state index in [1.165, 1.54) is 23.9 Å². The Morgan fingerprint density at radius 2 is 2.12 bits per heavy atom. The first-order chi connectivity index (χ1) is 7.77. The van der Waals surface area contributed by atoms with Gasteiger partial charge in [-0.15, -0.1) is 0 Å². The SMILES string of the molecule is CN(C)C1CCCn2nc3ccccc3c21. The highest BCUT2D eigenvalue weighted by Gasteiger charge is 2.25. The fraction of sp³-hybridized carbons (Fsp3) is 0.462. The molecule has 0 N–H and O–H groups in total. The summed E-state index contributed by atoms with van der Waals surface area (Å²) in [5, 5.41) is 6.00. The first-order valence-corrected chi connectivity index (χ1v) is 5.89. The Bertz CT molecular complexity index is 513. The van der Waals surface area contributed by atoms with Crippen LogP contribution in [0, 0.1) is 0 Å². The molecule has 0 radical (unpaired) electrons. The zero-order chi connectivity index (χ0) is 11.1. The van der Waals surface area contributed by atoms with Crippen LogP contribution in [0.5, 0.6) is 0 Å². The molecule has 1 aromatic carbocycles. The third-order valence-electron chi connectivity index (χ3n) is 3.47. The van der Waals surface area contributed by atoms with Crippen LogP contribution in [0.4, 0.5) is 0 Å². The molecule has 16 heavy (non-hydrogen) atoms. The summed E-state index contributed by atoms with van der Waals surface area (Å²) in [5.74, 6) is 0. The van der Waals surface area contributed by atoms with E-state index in [0.717, 1.165) is 12.1 Å². The van der Waals surface area contributed by atoms with Crippen molar-refractivity contribution in [3.05, 3.63) is 30.0 Å². The van der Waals surface area contributed by atoms with Crippen LogP contribution in [0.25, 0.3) is 10.9 Å². The number of aromatic nitrogens is 2. The molecule has 84 valence electrons. The van der Waals surface area contributed by atoms with Crippen LogP contribution < -0.4 is 0 Å². The van der Waals surface area contributed by atoms with E-state index in [2.05, 4.69) is 53.0 Å². The van der Waals surface area contributed by atoms with E-state index >= 15 is 0 Å². The first-order valence-electron chi connectivity index (χ1n) is 5.89. The Labute approximate surface area is 95.7 Å². The molecule has 1 atom stereocenters. The van der Waals surface area contributed by atoms with Gasteiger partial charge in [-0.25, -0.2) is 0 Å². The largest absolute Gasteiger partial charge is 0.301 e. The molecule has 3 rings (SSSR count). The van der Waals surface area contributed by atoms with Crippen LogP contribution in [0.3, 0.4) is 0 Å². The van der Waals surface area contributed by atoms with Crippen LogP contribution in [0.15, 0.2) is 24.3 Å². The standard InChI is InChI=1S/C13H17N3/c1-15(2)12-8-5-9-16-13(12)10-6-3-4-7-11(10)14-16/h3-4,6-7,12H,5,8-9H2,1-2H3. The quantitative estimate of drug-likeness (QED) is 0.728. The van der Waals surface area contributed by atoms with E-state index in [0.29, 0.717) is 6.04 Å². The molecule has 2 heterocycles. The highest BCUT2D eigenvalue weighted by Crippen LogP contribution is 2.33.